The molecule has 0 spiro atoms. The number of ether oxygens (including phenoxy) is 2. The number of anilines is 1. The van der Waals surface area contributed by atoms with Gasteiger partial charge < -0.3 is 14.8 Å². The number of likely N-dealkylation sites (N-methyl/N-ethyl adjacent to an activating group) is 1. The van der Waals surface area contributed by atoms with Gasteiger partial charge in [0.1, 0.15) is 0 Å². The molecule has 0 saturated carbocycles. The Balaban J connectivity index is 1.71. The van der Waals surface area contributed by atoms with Crippen molar-refractivity contribution in [1.29, 1.82) is 0 Å². The Hall–Kier alpha value is -3.69. The van der Waals surface area contributed by atoms with E-state index < -0.39 is 22.5 Å². The Labute approximate surface area is 218 Å². The van der Waals surface area contributed by atoms with Crippen molar-refractivity contribution in [2.45, 2.75) is 31.1 Å². The molecule has 0 unspecified atom stereocenters. The summed E-state index contributed by atoms with van der Waals surface area (Å²) in [4.78, 5) is 25.6. The topological polar surface area (TPSA) is 102 Å². The van der Waals surface area contributed by atoms with E-state index in [1.54, 1.807) is 36.4 Å². The monoisotopic (exact) mass is 524 g/mol. The second-order valence-corrected chi connectivity index (χ2v) is 11.6. The summed E-state index contributed by atoms with van der Waals surface area (Å²) >= 11 is 0. The fourth-order valence-corrected chi connectivity index (χ4v) is 4.81. The van der Waals surface area contributed by atoms with Gasteiger partial charge in [-0.1, -0.05) is 57.2 Å². The van der Waals surface area contributed by atoms with Gasteiger partial charge in [-0.3, -0.25) is 9.59 Å². The lowest BCUT2D eigenvalue weighted by molar-refractivity contribution is -0.116. The minimum absolute atomic E-state index is 0.0220. The molecule has 0 atom stereocenters. The molecule has 0 heterocycles. The Kier molecular flexibility index (Phi) is 8.40. The molecule has 0 aliphatic carbocycles. The van der Waals surface area contributed by atoms with Crippen molar-refractivity contribution in [3.8, 4) is 11.5 Å². The van der Waals surface area contributed by atoms with Gasteiger partial charge in [0.15, 0.2) is 17.3 Å². The molecular formula is C28H32N2O6S. The van der Waals surface area contributed by atoms with Gasteiger partial charge in [-0.05, 0) is 35.2 Å². The highest BCUT2D eigenvalue weighted by atomic mass is 32.2. The number of nitrogens with zero attached hydrogens (tertiary/aromatic N) is 1. The molecule has 1 amide bonds. The molecule has 0 fully saturated rings. The first kappa shape index (κ1) is 27.9. The van der Waals surface area contributed by atoms with Gasteiger partial charge in [-0.2, -0.15) is 4.31 Å². The third-order valence-electron chi connectivity index (χ3n) is 5.85. The van der Waals surface area contributed by atoms with Crippen molar-refractivity contribution in [2.24, 2.45) is 0 Å². The van der Waals surface area contributed by atoms with Crippen molar-refractivity contribution < 1.29 is 27.5 Å². The van der Waals surface area contributed by atoms with E-state index >= 15 is 0 Å². The van der Waals surface area contributed by atoms with Gasteiger partial charge >= 0.3 is 0 Å². The Morgan fingerprint density at radius 3 is 2.11 bits per heavy atom. The first-order valence-corrected chi connectivity index (χ1v) is 13.0. The molecule has 0 saturated heterocycles. The SMILES string of the molecule is COc1ccc(S(=O)(=O)N(C)CC(=O)Nc2cccc(C(=O)c3ccc(C(C)(C)C)cc3)c2)cc1OC. The fraction of sp³-hybridized carbons (Fsp3) is 0.286. The van der Waals surface area contributed by atoms with Crippen LogP contribution in [0.4, 0.5) is 5.69 Å². The van der Waals surface area contributed by atoms with Crippen LogP contribution in [0.25, 0.3) is 0 Å². The molecule has 9 heteroatoms. The fourth-order valence-electron chi connectivity index (χ4n) is 3.67. The number of carbonyl (C=O) groups excluding carboxylic acids is 2. The molecule has 3 aromatic carbocycles. The molecule has 3 rings (SSSR count). The number of nitrogens with one attached hydrogen (secondary N) is 1. The first-order valence-electron chi connectivity index (χ1n) is 11.6. The van der Waals surface area contributed by atoms with Crippen molar-refractivity contribution in [1.82, 2.24) is 4.31 Å². The Morgan fingerprint density at radius 1 is 0.865 bits per heavy atom. The van der Waals surface area contributed by atoms with E-state index in [0.717, 1.165) is 9.87 Å². The summed E-state index contributed by atoms with van der Waals surface area (Å²) < 4.78 is 37.2. The van der Waals surface area contributed by atoms with Crippen LogP contribution < -0.4 is 14.8 Å². The number of methoxy groups -OCH3 is 2. The number of ketones is 1. The van der Waals surface area contributed by atoms with Crippen LogP contribution in [0.5, 0.6) is 11.5 Å². The van der Waals surface area contributed by atoms with Crippen molar-refractivity contribution in [3.05, 3.63) is 83.4 Å². The number of amides is 1. The number of carbonyl (C=O) groups is 2. The van der Waals surface area contributed by atoms with E-state index in [0.29, 0.717) is 22.6 Å². The van der Waals surface area contributed by atoms with Crippen molar-refractivity contribution in [2.75, 3.05) is 33.1 Å². The van der Waals surface area contributed by atoms with E-state index in [9.17, 15) is 18.0 Å². The summed E-state index contributed by atoms with van der Waals surface area (Å²) in [5, 5.41) is 2.67. The number of sulfonamides is 1. The summed E-state index contributed by atoms with van der Waals surface area (Å²) in [5.74, 6) is -0.0761. The zero-order valence-electron chi connectivity index (χ0n) is 21.9. The summed E-state index contributed by atoms with van der Waals surface area (Å²) in [6, 6.07) is 18.2. The van der Waals surface area contributed by atoms with Crippen molar-refractivity contribution in [3.63, 3.8) is 0 Å². The predicted octanol–water partition coefficient (Wildman–Crippen LogP) is 4.49. The molecule has 3 aromatic rings. The van der Waals surface area contributed by atoms with Crippen LogP contribution in [0.2, 0.25) is 0 Å². The second kappa shape index (κ2) is 11.1. The van der Waals surface area contributed by atoms with Gasteiger partial charge in [0, 0.05) is 29.9 Å². The molecule has 0 aromatic heterocycles. The van der Waals surface area contributed by atoms with Gasteiger partial charge in [0.05, 0.1) is 25.7 Å². The van der Waals surface area contributed by atoms with Gasteiger partial charge in [-0.15, -0.1) is 0 Å². The van der Waals surface area contributed by atoms with E-state index in [-0.39, 0.29) is 21.8 Å². The van der Waals surface area contributed by atoms with Crippen LogP contribution in [0.1, 0.15) is 42.3 Å². The molecule has 0 radical (unpaired) electrons. The quantitative estimate of drug-likeness (QED) is 0.414. The molecule has 196 valence electrons. The molecule has 37 heavy (non-hydrogen) atoms. The molecule has 0 bridgehead atoms. The van der Waals surface area contributed by atoms with E-state index in [4.69, 9.17) is 9.47 Å². The zero-order chi connectivity index (χ0) is 27.4. The number of rotatable bonds is 9. The lowest BCUT2D eigenvalue weighted by Crippen LogP contribution is -2.35. The highest BCUT2D eigenvalue weighted by Gasteiger charge is 2.25. The normalized spacial score (nSPS) is 11.8. The summed E-state index contributed by atoms with van der Waals surface area (Å²) in [5.41, 5.74) is 2.44. The largest absolute Gasteiger partial charge is 0.493 e. The number of hydrogen-bond donors (Lipinski definition) is 1. The standard InChI is InChI=1S/C28H32N2O6S/c1-28(2,3)21-12-10-19(11-13-21)27(32)20-8-7-9-22(16-20)29-26(31)18-30(4)37(33,34)23-14-15-24(35-5)25(17-23)36-6/h7-17H,18H2,1-6H3,(H,29,31). The molecule has 0 aliphatic rings. The molecule has 8 nitrogen and oxygen atoms in total. The summed E-state index contributed by atoms with van der Waals surface area (Å²) in [7, 11) is 0.199. The first-order chi connectivity index (χ1) is 17.4. The lowest BCUT2D eigenvalue weighted by atomic mass is 9.86. The average molecular weight is 525 g/mol. The average Bonchev–Trinajstić information content (AvgIpc) is 2.87. The lowest BCUT2D eigenvalue weighted by Gasteiger charge is -2.19. The minimum Gasteiger partial charge on any atom is -0.493 e. The zero-order valence-corrected chi connectivity index (χ0v) is 22.7. The Morgan fingerprint density at radius 2 is 1.51 bits per heavy atom. The van der Waals surface area contributed by atoms with Crippen LogP contribution >= 0.6 is 0 Å². The van der Waals surface area contributed by atoms with E-state index in [1.165, 1.54) is 39.5 Å². The van der Waals surface area contributed by atoms with Crippen LogP contribution in [0.15, 0.2) is 71.6 Å². The highest BCUT2D eigenvalue weighted by Crippen LogP contribution is 2.30. The highest BCUT2D eigenvalue weighted by molar-refractivity contribution is 7.89. The van der Waals surface area contributed by atoms with Crippen molar-refractivity contribution >= 4 is 27.4 Å². The maximum Gasteiger partial charge on any atom is 0.243 e. The third kappa shape index (κ3) is 6.55. The molecular weight excluding hydrogens is 492 g/mol. The maximum atomic E-state index is 13.0. The predicted molar refractivity (Wildman–Crippen MR) is 143 cm³/mol. The van der Waals surface area contributed by atoms with Crippen LogP contribution in [0, 0.1) is 0 Å². The third-order valence-corrected chi connectivity index (χ3v) is 7.65. The van der Waals surface area contributed by atoms with Gasteiger partial charge in [0.25, 0.3) is 0 Å². The van der Waals surface area contributed by atoms with Crippen LogP contribution in [-0.2, 0) is 20.2 Å². The summed E-state index contributed by atoms with van der Waals surface area (Å²) in [6.07, 6.45) is 0. The smallest absolute Gasteiger partial charge is 0.243 e. The second-order valence-electron chi connectivity index (χ2n) is 9.56. The Bertz CT molecular complexity index is 1390. The molecule has 1 N–H and O–H groups in total. The van der Waals surface area contributed by atoms with Crippen LogP contribution in [0.3, 0.4) is 0 Å². The number of benzene rings is 3. The summed E-state index contributed by atoms with van der Waals surface area (Å²) in [6.45, 7) is 5.88. The van der Waals surface area contributed by atoms with E-state index in [2.05, 4.69) is 26.1 Å². The molecule has 0 aliphatic heterocycles. The number of hydrogen-bond acceptors (Lipinski definition) is 6. The maximum absolute atomic E-state index is 13.0. The minimum atomic E-state index is -3.97. The van der Waals surface area contributed by atoms with Crippen LogP contribution in [-0.4, -0.2) is 52.2 Å². The van der Waals surface area contributed by atoms with E-state index in [1.807, 2.05) is 12.1 Å². The van der Waals surface area contributed by atoms with Gasteiger partial charge in [0.2, 0.25) is 15.9 Å². The van der Waals surface area contributed by atoms with Gasteiger partial charge in [-0.25, -0.2) is 8.42 Å².